The summed E-state index contributed by atoms with van der Waals surface area (Å²) in [5.41, 5.74) is -0.0386. The molecule has 112 valence electrons. The summed E-state index contributed by atoms with van der Waals surface area (Å²) in [7, 11) is 1.50. The summed E-state index contributed by atoms with van der Waals surface area (Å²) in [6.45, 7) is -1.82. The van der Waals surface area contributed by atoms with Crippen LogP contribution in [0.3, 0.4) is 0 Å². The fourth-order valence-electron chi connectivity index (χ4n) is 1.33. The summed E-state index contributed by atoms with van der Waals surface area (Å²) in [5, 5.41) is 4.92. The van der Waals surface area contributed by atoms with Gasteiger partial charge in [0.05, 0.1) is 18.4 Å². The van der Waals surface area contributed by atoms with E-state index in [1.165, 1.54) is 7.05 Å². The smallest absolute Gasteiger partial charge is 0.372 e. The van der Waals surface area contributed by atoms with Crippen LogP contribution in [0.5, 0.6) is 0 Å². The van der Waals surface area contributed by atoms with Gasteiger partial charge in [0.1, 0.15) is 18.2 Å². The first-order chi connectivity index (χ1) is 9.33. The van der Waals surface area contributed by atoms with Gasteiger partial charge in [0.2, 0.25) is 0 Å². The van der Waals surface area contributed by atoms with Crippen molar-refractivity contribution in [2.24, 2.45) is 0 Å². The number of hydrogen-bond acceptors (Lipinski definition) is 4. The molecule has 0 unspecified atom stereocenters. The lowest BCUT2D eigenvalue weighted by atomic mass is 10.2. The minimum absolute atomic E-state index is 0.0386. The van der Waals surface area contributed by atoms with Crippen LogP contribution >= 0.6 is 0 Å². The quantitative estimate of drug-likeness (QED) is 0.618. The van der Waals surface area contributed by atoms with Crippen LogP contribution in [0.15, 0.2) is 12.3 Å². The molecule has 0 spiro atoms. The second-order valence-corrected chi connectivity index (χ2v) is 3.72. The molecule has 1 rings (SSSR count). The Morgan fingerprint density at radius 1 is 1.45 bits per heavy atom. The van der Waals surface area contributed by atoms with Crippen molar-refractivity contribution >= 4 is 11.7 Å². The first-order valence-electron chi connectivity index (χ1n) is 5.59. The molecule has 0 bridgehead atoms. The number of aromatic nitrogens is 1. The highest BCUT2D eigenvalue weighted by molar-refractivity contribution is 5.98. The van der Waals surface area contributed by atoms with Crippen LogP contribution in [0.1, 0.15) is 10.4 Å². The van der Waals surface area contributed by atoms with Gasteiger partial charge in [0, 0.05) is 13.6 Å². The Bertz CT molecular complexity index is 465. The normalized spacial score (nSPS) is 11.2. The second kappa shape index (κ2) is 7.04. The van der Waals surface area contributed by atoms with Gasteiger partial charge in [-0.25, -0.2) is 9.37 Å². The highest BCUT2D eigenvalue weighted by atomic mass is 19.4. The summed E-state index contributed by atoms with van der Waals surface area (Å²) in [4.78, 5) is 15.4. The van der Waals surface area contributed by atoms with Gasteiger partial charge in [-0.1, -0.05) is 0 Å². The van der Waals surface area contributed by atoms with Crippen molar-refractivity contribution in [1.82, 2.24) is 10.3 Å². The van der Waals surface area contributed by atoms with Crippen LogP contribution in [0.25, 0.3) is 0 Å². The molecule has 0 saturated heterocycles. The maximum absolute atomic E-state index is 13.0. The third kappa shape index (κ3) is 5.39. The van der Waals surface area contributed by atoms with Crippen molar-refractivity contribution in [2.75, 3.05) is 32.1 Å². The van der Waals surface area contributed by atoms with E-state index in [4.69, 9.17) is 0 Å². The number of nitrogens with zero attached hydrogens (tertiary/aromatic N) is 1. The highest BCUT2D eigenvalue weighted by Gasteiger charge is 2.27. The predicted octanol–water partition coefficient (Wildman–Crippen LogP) is 1.57. The van der Waals surface area contributed by atoms with Gasteiger partial charge in [-0.15, -0.1) is 0 Å². The minimum atomic E-state index is -4.41. The number of carbonyl (C=O) groups is 1. The van der Waals surface area contributed by atoms with Crippen molar-refractivity contribution in [1.29, 1.82) is 0 Å². The van der Waals surface area contributed by atoms with Gasteiger partial charge < -0.3 is 15.4 Å². The molecular formula is C11H13F4N3O2. The number of pyridine rings is 1. The average Bonchev–Trinajstić information content (AvgIpc) is 2.36. The lowest BCUT2D eigenvalue weighted by Crippen LogP contribution is -2.29. The molecule has 0 atom stereocenters. The molecule has 0 aliphatic rings. The monoisotopic (exact) mass is 295 g/mol. The van der Waals surface area contributed by atoms with Crippen molar-refractivity contribution in [3.63, 3.8) is 0 Å². The van der Waals surface area contributed by atoms with Gasteiger partial charge >= 0.3 is 6.18 Å². The molecule has 5 nitrogen and oxygen atoms in total. The molecule has 1 aromatic rings. The van der Waals surface area contributed by atoms with E-state index < -0.39 is 24.5 Å². The van der Waals surface area contributed by atoms with Gasteiger partial charge in [-0.3, -0.25) is 4.79 Å². The Morgan fingerprint density at radius 2 is 2.15 bits per heavy atom. The summed E-state index contributed by atoms with van der Waals surface area (Å²) in [6.07, 6.45) is -3.47. The number of hydrogen-bond donors (Lipinski definition) is 2. The van der Waals surface area contributed by atoms with Crippen LogP contribution in [0.4, 0.5) is 23.4 Å². The molecule has 2 N–H and O–H groups in total. The van der Waals surface area contributed by atoms with Crippen molar-refractivity contribution in [2.45, 2.75) is 6.18 Å². The number of nitrogens with one attached hydrogen (secondary N) is 2. The Kier molecular flexibility index (Phi) is 5.68. The number of rotatable bonds is 6. The molecule has 9 heteroatoms. The Labute approximate surface area is 112 Å². The molecule has 0 aromatic carbocycles. The number of ether oxygens (including phenoxy) is 1. The van der Waals surface area contributed by atoms with E-state index in [0.717, 1.165) is 12.3 Å². The van der Waals surface area contributed by atoms with E-state index in [2.05, 4.69) is 20.4 Å². The Hall–Kier alpha value is -1.90. The number of halogens is 4. The van der Waals surface area contributed by atoms with Crippen molar-refractivity contribution in [3.8, 4) is 0 Å². The number of amides is 1. The van der Waals surface area contributed by atoms with E-state index in [1.807, 2.05) is 0 Å². The summed E-state index contributed by atoms with van der Waals surface area (Å²) in [5.74, 6) is -1.18. The SMILES string of the molecule is CNc1ncc(F)cc1C(=O)NCCOCC(F)(F)F. The molecule has 0 fully saturated rings. The summed E-state index contributed by atoms with van der Waals surface area (Å²) in [6, 6.07) is 0.977. The van der Waals surface area contributed by atoms with Gasteiger partial charge in [-0.05, 0) is 6.07 Å². The highest BCUT2D eigenvalue weighted by Crippen LogP contribution is 2.14. The van der Waals surface area contributed by atoms with Crippen LogP contribution in [0.2, 0.25) is 0 Å². The van der Waals surface area contributed by atoms with Gasteiger partial charge in [0.15, 0.2) is 0 Å². The van der Waals surface area contributed by atoms with E-state index in [9.17, 15) is 22.4 Å². The molecule has 0 aliphatic carbocycles. The maximum atomic E-state index is 13.0. The van der Waals surface area contributed by atoms with Gasteiger partial charge in [-0.2, -0.15) is 13.2 Å². The van der Waals surface area contributed by atoms with Crippen molar-refractivity contribution < 1.29 is 27.1 Å². The molecular weight excluding hydrogens is 282 g/mol. The van der Waals surface area contributed by atoms with E-state index in [-0.39, 0.29) is 24.5 Å². The van der Waals surface area contributed by atoms with Crippen LogP contribution in [0, 0.1) is 5.82 Å². The van der Waals surface area contributed by atoms with Crippen LogP contribution < -0.4 is 10.6 Å². The van der Waals surface area contributed by atoms with Crippen molar-refractivity contribution in [3.05, 3.63) is 23.6 Å². The second-order valence-electron chi connectivity index (χ2n) is 3.72. The molecule has 1 heterocycles. The number of anilines is 1. The van der Waals surface area contributed by atoms with E-state index in [1.54, 1.807) is 0 Å². The molecule has 20 heavy (non-hydrogen) atoms. The number of carbonyl (C=O) groups excluding carboxylic acids is 1. The summed E-state index contributed by atoms with van der Waals surface area (Å²) >= 11 is 0. The zero-order valence-corrected chi connectivity index (χ0v) is 10.6. The lowest BCUT2D eigenvalue weighted by Gasteiger charge is -2.10. The molecule has 0 aliphatic heterocycles. The van der Waals surface area contributed by atoms with Gasteiger partial charge in [0.25, 0.3) is 5.91 Å². The molecule has 0 saturated carbocycles. The average molecular weight is 295 g/mol. The fourth-order valence-corrected chi connectivity index (χ4v) is 1.33. The third-order valence-electron chi connectivity index (χ3n) is 2.13. The fraction of sp³-hybridized carbons (Fsp3) is 0.455. The lowest BCUT2D eigenvalue weighted by molar-refractivity contribution is -0.173. The number of alkyl halides is 3. The Balaban J connectivity index is 2.45. The van der Waals surface area contributed by atoms with E-state index >= 15 is 0 Å². The topological polar surface area (TPSA) is 63.2 Å². The zero-order chi connectivity index (χ0) is 15.2. The van der Waals surface area contributed by atoms with Crippen LogP contribution in [-0.2, 0) is 4.74 Å². The first-order valence-corrected chi connectivity index (χ1v) is 5.59. The largest absolute Gasteiger partial charge is 0.411 e. The predicted molar refractivity (Wildman–Crippen MR) is 62.9 cm³/mol. The third-order valence-corrected chi connectivity index (χ3v) is 2.13. The first kappa shape index (κ1) is 16.2. The van der Waals surface area contributed by atoms with Crippen LogP contribution in [-0.4, -0.2) is 43.9 Å². The minimum Gasteiger partial charge on any atom is -0.372 e. The zero-order valence-electron chi connectivity index (χ0n) is 10.6. The van der Waals surface area contributed by atoms with E-state index in [0.29, 0.717) is 0 Å². The Morgan fingerprint density at radius 3 is 2.75 bits per heavy atom. The molecule has 0 radical (unpaired) electrons. The molecule has 1 aromatic heterocycles. The maximum Gasteiger partial charge on any atom is 0.411 e. The summed E-state index contributed by atoms with van der Waals surface area (Å²) < 4.78 is 52.7. The standard InChI is InChI=1S/C11H13F4N3O2/c1-16-9-8(4-7(12)5-18-9)10(19)17-2-3-20-6-11(13,14)15/h4-5H,2-3,6H2,1H3,(H,16,18)(H,17,19). The molecule has 1 amide bonds.